The number of amides is 1. The van der Waals surface area contributed by atoms with E-state index in [0.29, 0.717) is 13.0 Å². The summed E-state index contributed by atoms with van der Waals surface area (Å²) in [5.74, 6) is 0.205. The van der Waals surface area contributed by atoms with Crippen molar-refractivity contribution in [1.82, 2.24) is 9.71 Å². The Kier molecular flexibility index (Phi) is 6.79. The van der Waals surface area contributed by atoms with Crippen molar-refractivity contribution in [3.8, 4) is 0 Å². The molecule has 6 nitrogen and oxygen atoms in total. The zero-order valence-electron chi connectivity index (χ0n) is 21.8. The molecule has 1 fully saturated rings. The molecule has 1 N–H and O–H groups in total. The molecule has 0 radical (unpaired) electrons. The largest absolute Gasteiger partial charge is 0.306 e. The third-order valence-electron chi connectivity index (χ3n) is 7.74. The molecule has 0 saturated heterocycles. The standard InChI is InChI=1S/C32H31N3O3S/c1-22-9-8-12-25(33-22)21-35(32(36)30-20-28(30)23-10-4-2-5-11-23)26-17-15-24-16-18-31(29(24)19-26)34-39(37,38)27-13-6-3-7-14-27/h2-15,17,19,28,30-31,34H,16,18,20-21H2,1H3/t28-,30+,31+/m0/s1. The number of nitrogens with zero attached hydrogens (tertiary/aromatic N) is 2. The molecule has 1 saturated carbocycles. The fourth-order valence-corrected chi connectivity index (χ4v) is 6.89. The molecule has 0 spiro atoms. The minimum absolute atomic E-state index is 0.0755. The maximum Gasteiger partial charge on any atom is 0.241 e. The molecule has 198 valence electrons. The average molecular weight is 538 g/mol. The van der Waals surface area contributed by atoms with Crippen LogP contribution in [0.1, 0.15) is 52.9 Å². The van der Waals surface area contributed by atoms with Crippen molar-refractivity contribution in [1.29, 1.82) is 0 Å². The molecule has 4 aromatic rings. The Bertz CT molecular complexity index is 1610. The number of pyridine rings is 1. The van der Waals surface area contributed by atoms with E-state index in [4.69, 9.17) is 0 Å². The van der Waals surface area contributed by atoms with Crippen LogP contribution in [0.3, 0.4) is 0 Å². The monoisotopic (exact) mass is 537 g/mol. The van der Waals surface area contributed by atoms with E-state index in [2.05, 4.69) is 21.8 Å². The zero-order valence-corrected chi connectivity index (χ0v) is 22.6. The topological polar surface area (TPSA) is 79.4 Å². The van der Waals surface area contributed by atoms with Gasteiger partial charge in [0.25, 0.3) is 0 Å². The minimum atomic E-state index is -3.67. The van der Waals surface area contributed by atoms with E-state index in [-0.39, 0.29) is 28.7 Å². The third kappa shape index (κ3) is 5.37. The number of hydrogen-bond donors (Lipinski definition) is 1. The van der Waals surface area contributed by atoms with Crippen molar-refractivity contribution >= 4 is 21.6 Å². The quantitative estimate of drug-likeness (QED) is 0.313. The lowest BCUT2D eigenvalue weighted by molar-refractivity contribution is -0.120. The molecule has 1 amide bonds. The number of rotatable bonds is 8. The number of sulfonamides is 1. The van der Waals surface area contributed by atoms with Gasteiger partial charge in [0.15, 0.2) is 0 Å². The second-order valence-electron chi connectivity index (χ2n) is 10.5. The Balaban J connectivity index is 1.30. The SMILES string of the molecule is Cc1cccc(CN(C(=O)[C@@H]2C[C@H]2c2ccccc2)c2ccc3c(c2)[C@H](NS(=O)(=O)c2ccccc2)CC3)n1. The van der Waals surface area contributed by atoms with Gasteiger partial charge in [0.2, 0.25) is 15.9 Å². The molecule has 0 unspecified atom stereocenters. The number of aryl methyl sites for hydroxylation is 2. The summed E-state index contributed by atoms with van der Waals surface area (Å²) in [6.07, 6.45) is 2.28. The first-order chi connectivity index (χ1) is 18.9. The van der Waals surface area contributed by atoms with E-state index >= 15 is 0 Å². The van der Waals surface area contributed by atoms with Crippen molar-refractivity contribution in [3.05, 3.63) is 125 Å². The zero-order chi connectivity index (χ0) is 27.0. The van der Waals surface area contributed by atoms with Gasteiger partial charge in [-0.3, -0.25) is 9.78 Å². The number of carbonyl (C=O) groups excluding carboxylic acids is 1. The smallest absolute Gasteiger partial charge is 0.241 e. The van der Waals surface area contributed by atoms with Crippen molar-refractivity contribution in [2.75, 3.05) is 4.90 Å². The second kappa shape index (κ2) is 10.4. The Hall–Kier alpha value is -3.81. The number of fused-ring (bicyclic) bond motifs is 1. The van der Waals surface area contributed by atoms with Gasteiger partial charge in [-0.05, 0) is 85.2 Å². The molecule has 1 heterocycles. The van der Waals surface area contributed by atoms with Gasteiger partial charge in [0, 0.05) is 23.3 Å². The Morgan fingerprint density at radius 1 is 0.949 bits per heavy atom. The fraction of sp³-hybridized carbons (Fsp3) is 0.250. The van der Waals surface area contributed by atoms with E-state index in [0.717, 1.165) is 41.0 Å². The molecule has 39 heavy (non-hydrogen) atoms. The Morgan fingerprint density at radius 2 is 1.69 bits per heavy atom. The highest BCUT2D eigenvalue weighted by Crippen LogP contribution is 2.49. The number of hydrogen-bond acceptors (Lipinski definition) is 4. The molecule has 7 heteroatoms. The highest BCUT2D eigenvalue weighted by Gasteiger charge is 2.46. The molecule has 2 aliphatic carbocycles. The number of aromatic nitrogens is 1. The first kappa shape index (κ1) is 25.5. The first-order valence-corrected chi connectivity index (χ1v) is 14.9. The van der Waals surface area contributed by atoms with Gasteiger partial charge >= 0.3 is 0 Å². The Labute approximate surface area is 229 Å². The van der Waals surface area contributed by atoms with Crippen LogP contribution in [0.15, 0.2) is 102 Å². The van der Waals surface area contributed by atoms with Crippen LogP contribution in [0.4, 0.5) is 5.69 Å². The van der Waals surface area contributed by atoms with Crippen LogP contribution >= 0.6 is 0 Å². The van der Waals surface area contributed by atoms with Crippen molar-refractivity contribution < 1.29 is 13.2 Å². The predicted molar refractivity (Wildman–Crippen MR) is 152 cm³/mol. The van der Waals surface area contributed by atoms with Crippen molar-refractivity contribution in [2.45, 2.75) is 49.6 Å². The summed E-state index contributed by atoms with van der Waals surface area (Å²) >= 11 is 0. The van der Waals surface area contributed by atoms with Crippen LogP contribution in [0, 0.1) is 12.8 Å². The second-order valence-corrected chi connectivity index (χ2v) is 12.2. The van der Waals surface area contributed by atoms with Gasteiger partial charge in [0.1, 0.15) is 0 Å². The minimum Gasteiger partial charge on any atom is -0.306 e. The highest BCUT2D eigenvalue weighted by atomic mass is 32.2. The number of benzene rings is 3. The van der Waals surface area contributed by atoms with Crippen LogP contribution < -0.4 is 9.62 Å². The Morgan fingerprint density at radius 3 is 2.44 bits per heavy atom. The molecule has 6 rings (SSSR count). The van der Waals surface area contributed by atoms with Gasteiger partial charge in [-0.25, -0.2) is 13.1 Å². The normalized spacial score (nSPS) is 19.9. The van der Waals surface area contributed by atoms with Crippen LogP contribution in [0.5, 0.6) is 0 Å². The molecule has 0 bridgehead atoms. The molecule has 1 aromatic heterocycles. The summed E-state index contributed by atoms with van der Waals surface area (Å²) in [7, 11) is -3.67. The number of anilines is 1. The predicted octanol–water partition coefficient (Wildman–Crippen LogP) is 5.69. The molecular weight excluding hydrogens is 506 g/mol. The third-order valence-corrected chi connectivity index (χ3v) is 9.22. The molecule has 2 aliphatic rings. The van der Waals surface area contributed by atoms with Crippen molar-refractivity contribution in [3.63, 3.8) is 0 Å². The number of carbonyl (C=O) groups is 1. The lowest BCUT2D eigenvalue weighted by atomic mass is 10.1. The summed E-state index contributed by atoms with van der Waals surface area (Å²) in [6, 6.07) is 30.1. The van der Waals surface area contributed by atoms with Crippen LogP contribution in [0.25, 0.3) is 0 Å². The lowest BCUT2D eigenvalue weighted by Gasteiger charge is -2.25. The number of nitrogens with one attached hydrogen (secondary N) is 1. The first-order valence-electron chi connectivity index (χ1n) is 13.4. The van der Waals surface area contributed by atoms with Crippen LogP contribution in [-0.4, -0.2) is 19.3 Å². The molecule has 0 aliphatic heterocycles. The van der Waals surface area contributed by atoms with E-state index in [1.165, 1.54) is 5.56 Å². The molecule has 3 aromatic carbocycles. The van der Waals surface area contributed by atoms with Crippen molar-refractivity contribution in [2.24, 2.45) is 5.92 Å². The average Bonchev–Trinajstić information content (AvgIpc) is 3.67. The van der Waals surface area contributed by atoms with E-state index < -0.39 is 10.0 Å². The van der Waals surface area contributed by atoms with Gasteiger partial charge in [-0.1, -0.05) is 60.7 Å². The maximum absolute atomic E-state index is 14.0. The van der Waals surface area contributed by atoms with Gasteiger partial charge in [-0.15, -0.1) is 0 Å². The van der Waals surface area contributed by atoms with Gasteiger partial charge in [0.05, 0.1) is 17.1 Å². The summed E-state index contributed by atoms with van der Waals surface area (Å²) in [6.45, 7) is 2.30. The van der Waals surface area contributed by atoms with E-state index in [1.54, 1.807) is 30.3 Å². The van der Waals surface area contributed by atoms with Crippen LogP contribution in [0.2, 0.25) is 0 Å². The summed E-state index contributed by atoms with van der Waals surface area (Å²) in [5.41, 5.74) is 5.71. The fourth-order valence-electron chi connectivity index (χ4n) is 5.62. The lowest BCUT2D eigenvalue weighted by Crippen LogP contribution is -2.33. The van der Waals surface area contributed by atoms with Gasteiger partial charge < -0.3 is 4.90 Å². The summed E-state index contributed by atoms with van der Waals surface area (Å²) in [4.78, 5) is 20.7. The highest BCUT2D eigenvalue weighted by molar-refractivity contribution is 7.89. The maximum atomic E-state index is 14.0. The summed E-state index contributed by atoms with van der Waals surface area (Å²) in [5, 5.41) is 0. The van der Waals surface area contributed by atoms with Crippen LogP contribution in [-0.2, 0) is 27.8 Å². The molecule has 3 atom stereocenters. The van der Waals surface area contributed by atoms with Gasteiger partial charge in [-0.2, -0.15) is 0 Å². The molecular formula is C32H31N3O3S. The summed E-state index contributed by atoms with van der Waals surface area (Å²) < 4.78 is 29.1. The van der Waals surface area contributed by atoms with E-state index in [1.807, 2.05) is 66.4 Å². The van der Waals surface area contributed by atoms with E-state index in [9.17, 15) is 13.2 Å².